The van der Waals surface area contributed by atoms with Crippen LogP contribution in [0, 0.1) is 0 Å². The molecule has 5 rings (SSSR count). The maximum atomic E-state index is 12.9. The highest BCUT2D eigenvalue weighted by molar-refractivity contribution is 5.90. The number of quaternary nitrogens is 1. The van der Waals surface area contributed by atoms with Crippen molar-refractivity contribution in [2.24, 2.45) is 0 Å². The Morgan fingerprint density at radius 2 is 2.27 bits per heavy atom. The van der Waals surface area contributed by atoms with Gasteiger partial charge in [0.05, 0.1) is 25.6 Å². The van der Waals surface area contributed by atoms with Gasteiger partial charge in [-0.2, -0.15) is 0 Å². The van der Waals surface area contributed by atoms with Crippen LogP contribution in [0.4, 0.5) is 0 Å². The molecule has 5 heteroatoms. The van der Waals surface area contributed by atoms with E-state index in [1.54, 1.807) is 13.2 Å². The van der Waals surface area contributed by atoms with Crippen molar-refractivity contribution in [1.29, 1.82) is 0 Å². The van der Waals surface area contributed by atoms with Crippen LogP contribution < -0.4 is 4.74 Å². The molecule has 4 aliphatic rings. The number of benzene rings is 1. The number of ether oxygens (including phenoxy) is 2. The highest BCUT2D eigenvalue weighted by Crippen LogP contribution is 2.66. The van der Waals surface area contributed by atoms with Gasteiger partial charge in [0.25, 0.3) is 0 Å². The van der Waals surface area contributed by atoms with Gasteiger partial charge in [-0.3, -0.25) is 4.79 Å². The Hall–Kier alpha value is -1.85. The monoisotopic (exact) mass is 356 g/mol. The molecule has 5 nitrogen and oxygen atoms in total. The number of aromatic hydroxyl groups is 1. The quantitative estimate of drug-likeness (QED) is 0.666. The Kier molecular flexibility index (Phi) is 3.08. The summed E-state index contributed by atoms with van der Waals surface area (Å²) in [5.74, 6) is 0.792. The molecule has 2 aliphatic heterocycles. The summed E-state index contributed by atoms with van der Waals surface area (Å²) in [7, 11) is 4.07. The molecule has 1 N–H and O–H groups in total. The van der Waals surface area contributed by atoms with E-state index in [2.05, 4.69) is 13.6 Å². The lowest BCUT2D eigenvalue weighted by Crippen LogP contribution is -2.81. The highest BCUT2D eigenvalue weighted by atomic mass is 16.5. The molecule has 2 heterocycles. The first-order chi connectivity index (χ1) is 12.4. The molecule has 138 valence electrons. The number of carbonyl (C=O) groups excluding carboxylic acids is 1. The normalized spacial score (nSPS) is 42.2. The predicted octanol–water partition coefficient (Wildman–Crippen LogP) is 2.10. The molecule has 2 bridgehead atoms. The summed E-state index contributed by atoms with van der Waals surface area (Å²) in [5.41, 5.74) is 1.30. The maximum absolute atomic E-state index is 12.9. The molecule has 1 unspecified atom stereocenters. The second kappa shape index (κ2) is 4.90. The lowest BCUT2D eigenvalue weighted by atomic mass is 9.48. The van der Waals surface area contributed by atoms with Crippen molar-refractivity contribution >= 4 is 5.78 Å². The van der Waals surface area contributed by atoms with Crippen LogP contribution in [0.1, 0.15) is 30.4 Å². The Labute approximate surface area is 153 Å². The SMILES string of the molecule is C=CC[N+]1(C)CC[C@]23c4c5ccc(O)c4O[C@H]2C(=O)CC[C@@]3(OC)[C@H]1C5. The lowest BCUT2D eigenvalue weighted by molar-refractivity contribution is -0.944. The number of carbonyl (C=O) groups is 1. The minimum Gasteiger partial charge on any atom is -0.504 e. The summed E-state index contributed by atoms with van der Waals surface area (Å²) in [6.07, 6.45) is 4.32. The molecule has 1 spiro atoms. The van der Waals surface area contributed by atoms with Gasteiger partial charge in [0.15, 0.2) is 23.4 Å². The van der Waals surface area contributed by atoms with E-state index >= 15 is 0 Å². The van der Waals surface area contributed by atoms with Gasteiger partial charge in [0, 0.05) is 31.9 Å². The summed E-state index contributed by atoms with van der Waals surface area (Å²) in [6.45, 7) is 5.81. The fraction of sp³-hybridized carbons (Fsp3) is 0.571. The van der Waals surface area contributed by atoms with Crippen LogP contribution in [-0.2, 0) is 21.4 Å². The molecule has 2 aliphatic carbocycles. The molecule has 5 atom stereocenters. The topological polar surface area (TPSA) is 55.8 Å². The summed E-state index contributed by atoms with van der Waals surface area (Å²) in [4.78, 5) is 12.9. The number of likely N-dealkylation sites (N-methyl/N-ethyl adjacent to an activating group) is 1. The number of hydrogen-bond acceptors (Lipinski definition) is 4. The third-order valence-electron chi connectivity index (χ3n) is 7.77. The number of phenolic OH excluding ortho intramolecular Hbond substituents is 1. The number of piperidine rings is 1. The second-order valence-electron chi connectivity index (χ2n) is 8.62. The molecular weight excluding hydrogens is 330 g/mol. The number of rotatable bonds is 3. The number of ketones is 1. The van der Waals surface area contributed by atoms with E-state index in [4.69, 9.17) is 9.47 Å². The fourth-order valence-electron chi connectivity index (χ4n) is 6.73. The van der Waals surface area contributed by atoms with Gasteiger partial charge in [-0.15, -0.1) is 0 Å². The van der Waals surface area contributed by atoms with Crippen molar-refractivity contribution in [2.45, 2.75) is 48.8 Å². The van der Waals surface area contributed by atoms with Gasteiger partial charge in [0.1, 0.15) is 11.6 Å². The summed E-state index contributed by atoms with van der Waals surface area (Å²) in [5, 5.41) is 10.4. The van der Waals surface area contributed by atoms with Gasteiger partial charge in [-0.25, -0.2) is 0 Å². The van der Waals surface area contributed by atoms with Gasteiger partial charge < -0.3 is 19.1 Å². The highest BCUT2D eigenvalue weighted by Gasteiger charge is 2.77. The first-order valence-corrected chi connectivity index (χ1v) is 9.48. The summed E-state index contributed by atoms with van der Waals surface area (Å²) >= 11 is 0. The number of likely N-dealkylation sites (tertiary alicyclic amines) is 1. The van der Waals surface area contributed by atoms with Gasteiger partial charge in [-0.05, 0) is 24.1 Å². The van der Waals surface area contributed by atoms with Crippen LogP contribution >= 0.6 is 0 Å². The Morgan fingerprint density at radius 1 is 1.46 bits per heavy atom. The summed E-state index contributed by atoms with van der Waals surface area (Å²) < 4.78 is 13.4. The zero-order valence-corrected chi connectivity index (χ0v) is 15.5. The minimum absolute atomic E-state index is 0.137. The van der Waals surface area contributed by atoms with E-state index in [0.29, 0.717) is 18.6 Å². The molecular formula is C21H26NO4+. The van der Waals surface area contributed by atoms with Crippen LogP contribution in [0.5, 0.6) is 11.5 Å². The van der Waals surface area contributed by atoms with Gasteiger partial charge in [0.2, 0.25) is 0 Å². The van der Waals surface area contributed by atoms with Crippen molar-refractivity contribution < 1.29 is 23.9 Å². The number of hydrogen-bond donors (Lipinski definition) is 1. The average molecular weight is 356 g/mol. The van der Waals surface area contributed by atoms with Crippen molar-refractivity contribution in [3.05, 3.63) is 35.9 Å². The third kappa shape index (κ3) is 1.54. The maximum Gasteiger partial charge on any atom is 0.174 e. The van der Waals surface area contributed by atoms with Crippen LogP contribution in [-0.4, -0.2) is 60.4 Å². The standard InChI is InChI=1S/C21H25NO4/c1-4-10-22(2)11-9-20-17-13-5-6-14(23)18(17)26-19(20)15(24)7-8-21(20,25-3)16(22)12-13/h4-6,16,19H,1,7-12H2,2-3H3/p+1/t16-,19+,20+,21-,22?/m1/s1. The zero-order chi connectivity index (χ0) is 18.3. The number of nitrogens with zero attached hydrogens (tertiary/aromatic N) is 1. The van der Waals surface area contributed by atoms with E-state index in [1.165, 1.54) is 5.56 Å². The van der Waals surface area contributed by atoms with E-state index in [9.17, 15) is 9.90 Å². The molecule has 26 heavy (non-hydrogen) atoms. The smallest absolute Gasteiger partial charge is 0.174 e. The molecule has 1 aromatic rings. The van der Waals surface area contributed by atoms with E-state index < -0.39 is 17.1 Å². The lowest BCUT2D eigenvalue weighted by Gasteiger charge is -2.65. The van der Waals surface area contributed by atoms with Crippen molar-refractivity contribution in [1.82, 2.24) is 0 Å². The molecule has 0 radical (unpaired) electrons. The molecule has 2 fully saturated rings. The van der Waals surface area contributed by atoms with Crippen molar-refractivity contribution in [3.8, 4) is 11.5 Å². The number of phenols is 1. The summed E-state index contributed by atoms with van der Waals surface area (Å²) in [6, 6.07) is 3.96. The van der Waals surface area contributed by atoms with Crippen LogP contribution in [0.3, 0.4) is 0 Å². The Morgan fingerprint density at radius 3 is 3.00 bits per heavy atom. The van der Waals surface area contributed by atoms with E-state index in [-0.39, 0.29) is 17.6 Å². The first-order valence-electron chi connectivity index (χ1n) is 9.48. The number of methoxy groups -OCH3 is 1. The van der Waals surface area contributed by atoms with Crippen LogP contribution in [0.25, 0.3) is 0 Å². The van der Waals surface area contributed by atoms with E-state index in [1.807, 2.05) is 12.1 Å². The van der Waals surface area contributed by atoms with E-state index in [0.717, 1.165) is 36.0 Å². The van der Waals surface area contributed by atoms with Crippen LogP contribution in [0.2, 0.25) is 0 Å². The first kappa shape index (κ1) is 16.3. The fourth-order valence-corrected chi connectivity index (χ4v) is 6.73. The van der Waals surface area contributed by atoms with Gasteiger partial charge >= 0.3 is 0 Å². The molecule has 1 aromatic carbocycles. The minimum atomic E-state index is -0.543. The molecule has 0 amide bonds. The average Bonchev–Trinajstić information content (AvgIpc) is 2.99. The van der Waals surface area contributed by atoms with Crippen molar-refractivity contribution in [3.63, 3.8) is 0 Å². The molecule has 1 saturated carbocycles. The predicted molar refractivity (Wildman–Crippen MR) is 96.4 cm³/mol. The Balaban J connectivity index is 1.84. The van der Waals surface area contributed by atoms with Gasteiger partial charge in [-0.1, -0.05) is 12.6 Å². The largest absolute Gasteiger partial charge is 0.504 e. The van der Waals surface area contributed by atoms with Crippen molar-refractivity contribution in [2.75, 3.05) is 27.2 Å². The zero-order valence-electron chi connectivity index (χ0n) is 15.5. The van der Waals surface area contributed by atoms with Crippen LogP contribution in [0.15, 0.2) is 24.8 Å². The molecule has 0 aromatic heterocycles. The Bertz CT molecular complexity index is 836. The third-order valence-corrected chi connectivity index (χ3v) is 7.77. The molecule has 1 saturated heterocycles. The second-order valence-corrected chi connectivity index (χ2v) is 8.62. The number of Topliss-reactive ketones (excluding diaryl/α,β-unsaturated/α-hetero) is 1.